The molecule has 1 unspecified atom stereocenters. The number of benzene rings is 1. The predicted molar refractivity (Wildman–Crippen MR) is 84.7 cm³/mol. The standard InChI is InChI=1S/C15H17BrFNOS/c1-2-12(18)5-10-3-4-15(14(17)6-10)19-8-13-7-11(16)9-20-13/h3-4,6-7,9,12H,2,5,8,18H2,1H3. The number of hydrogen-bond donors (Lipinski definition) is 1. The molecule has 0 saturated carbocycles. The van der Waals surface area contributed by atoms with Gasteiger partial charge >= 0.3 is 0 Å². The Kier molecular flexibility index (Phi) is 5.57. The molecule has 108 valence electrons. The third-order valence-corrected chi connectivity index (χ3v) is 4.68. The molecule has 0 spiro atoms. The SMILES string of the molecule is CCC(N)Cc1ccc(OCc2cc(Br)cs2)c(F)c1. The number of nitrogens with two attached hydrogens (primary N) is 1. The van der Waals surface area contributed by atoms with Crippen LogP contribution in [-0.2, 0) is 13.0 Å². The smallest absolute Gasteiger partial charge is 0.165 e. The van der Waals surface area contributed by atoms with Crippen molar-refractivity contribution in [1.82, 2.24) is 0 Å². The van der Waals surface area contributed by atoms with Gasteiger partial charge in [0.2, 0.25) is 0 Å². The molecular weight excluding hydrogens is 341 g/mol. The molecule has 20 heavy (non-hydrogen) atoms. The summed E-state index contributed by atoms with van der Waals surface area (Å²) in [5.41, 5.74) is 6.78. The molecule has 0 aliphatic carbocycles. The van der Waals surface area contributed by atoms with E-state index in [4.69, 9.17) is 10.5 Å². The Morgan fingerprint density at radius 2 is 2.20 bits per heavy atom. The quantitative estimate of drug-likeness (QED) is 0.825. The van der Waals surface area contributed by atoms with Crippen molar-refractivity contribution < 1.29 is 9.13 Å². The molecule has 0 fully saturated rings. The van der Waals surface area contributed by atoms with Crippen LogP contribution in [0.2, 0.25) is 0 Å². The first-order valence-corrected chi connectivity index (χ1v) is 8.15. The highest BCUT2D eigenvalue weighted by Gasteiger charge is 2.08. The monoisotopic (exact) mass is 357 g/mol. The lowest BCUT2D eigenvalue weighted by molar-refractivity contribution is 0.293. The highest BCUT2D eigenvalue weighted by Crippen LogP contribution is 2.24. The van der Waals surface area contributed by atoms with E-state index in [0.29, 0.717) is 13.0 Å². The first kappa shape index (κ1) is 15.5. The maximum atomic E-state index is 13.9. The molecule has 1 heterocycles. The second-order valence-electron chi connectivity index (χ2n) is 4.66. The zero-order valence-corrected chi connectivity index (χ0v) is 13.6. The summed E-state index contributed by atoms with van der Waals surface area (Å²) in [6, 6.07) is 7.10. The van der Waals surface area contributed by atoms with Crippen LogP contribution in [-0.4, -0.2) is 6.04 Å². The van der Waals surface area contributed by atoms with Gasteiger partial charge in [-0.05, 0) is 52.5 Å². The second kappa shape index (κ2) is 7.20. The highest BCUT2D eigenvalue weighted by molar-refractivity contribution is 9.10. The first-order valence-electron chi connectivity index (χ1n) is 6.48. The number of ether oxygens (including phenoxy) is 1. The summed E-state index contributed by atoms with van der Waals surface area (Å²) in [6.45, 7) is 2.40. The minimum Gasteiger partial charge on any atom is -0.485 e. The molecule has 0 amide bonds. The summed E-state index contributed by atoms with van der Waals surface area (Å²) in [6.07, 6.45) is 1.57. The second-order valence-corrected chi connectivity index (χ2v) is 6.57. The van der Waals surface area contributed by atoms with Crippen LogP contribution in [0, 0.1) is 5.82 Å². The van der Waals surface area contributed by atoms with Crippen molar-refractivity contribution in [3.8, 4) is 5.75 Å². The molecule has 2 nitrogen and oxygen atoms in total. The van der Waals surface area contributed by atoms with Gasteiger partial charge in [-0.2, -0.15) is 0 Å². The topological polar surface area (TPSA) is 35.2 Å². The van der Waals surface area contributed by atoms with Crippen LogP contribution in [0.5, 0.6) is 5.75 Å². The lowest BCUT2D eigenvalue weighted by Gasteiger charge is -2.11. The number of rotatable bonds is 6. The van der Waals surface area contributed by atoms with E-state index < -0.39 is 0 Å². The number of halogens is 2. The largest absolute Gasteiger partial charge is 0.485 e. The Balaban J connectivity index is 1.98. The molecule has 1 aromatic carbocycles. The predicted octanol–water partition coefficient (Wildman–Crippen LogP) is 4.51. The first-order chi connectivity index (χ1) is 9.58. The van der Waals surface area contributed by atoms with E-state index in [1.54, 1.807) is 17.4 Å². The summed E-state index contributed by atoms with van der Waals surface area (Å²) < 4.78 is 20.5. The average molecular weight is 358 g/mol. The molecule has 2 N–H and O–H groups in total. The van der Waals surface area contributed by atoms with Crippen molar-refractivity contribution in [1.29, 1.82) is 0 Å². The van der Waals surface area contributed by atoms with Crippen LogP contribution in [0.3, 0.4) is 0 Å². The Hall–Kier alpha value is -0.910. The third kappa shape index (κ3) is 4.30. The number of thiophene rings is 1. The van der Waals surface area contributed by atoms with Gasteiger partial charge in [-0.1, -0.05) is 13.0 Å². The lowest BCUT2D eigenvalue weighted by atomic mass is 10.0. The number of hydrogen-bond acceptors (Lipinski definition) is 3. The van der Waals surface area contributed by atoms with E-state index in [-0.39, 0.29) is 17.6 Å². The fourth-order valence-corrected chi connectivity index (χ4v) is 3.18. The molecule has 5 heteroatoms. The summed E-state index contributed by atoms with van der Waals surface area (Å²) in [4.78, 5) is 1.05. The van der Waals surface area contributed by atoms with Crippen molar-refractivity contribution in [2.75, 3.05) is 0 Å². The molecule has 0 aliphatic heterocycles. The maximum Gasteiger partial charge on any atom is 0.165 e. The van der Waals surface area contributed by atoms with Gasteiger partial charge in [0.05, 0.1) is 0 Å². The van der Waals surface area contributed by atoms with Gasteiger partial charge in [0.1, 0.15) is 6.61 Å². The molecular formula is C15H17BrFNOS. The van der Waals surface area contributed by atoms with Crippen LogP contribution >= 0.6 is 27.3 Å². The van der Waals surface area contributed by atoms with Crippen molar-refractivity contribution in [3.05, 3.63) is 50.4 Å². The zero-order valence-electron chi connectivity index (χ0n) is 11.2. The van der Waals surface area contributed by atoms with Gasteiger partial charge in [0.15, 0.2) is 11.6 Å². The van der Waals surface area contributed by atoms with Gasteiger partial charge in [-0.3, -0.25) is 0 Å². The normalized spacial score (nSPS) is 12.4. The van der Waals surface area contributed by atoms with E-state index in [1.807, 2.05) is 24.4 Å². The summed E-state index contributed by atoms with van der Waals surface area (Å²) >= 11 is 4.96. The fraction of sp³-hybridized carbons (Fsp3) is 0.333. The maximum absolute atomic E-state index is 13.9. The Labute approximate surface area is 130 Å². The Bertz CT molecular complexity index is 573. The van der Waals surface area contributed by atoms with Crippen LogP contribution in [0.4, 0.5) is 4.39 Å². The van der Waals surface area contributed by atoms with Crippen molar-refractivity contribution >= 4 is 27.3 Å². The van der Waals surface area contributed by atoms with E-state index >= 15 is 0 Å². The van der Waals surface area contributed by atoms with Gasteiger partial charge < -0.3 is 10.5 Å². The molecule has 0 radical (unpaired) electrons. The summed E-state index contributed by atoms with van der Waals surface area (Å²) in [7, 11) is 0. The zero-order chi connectivity index (χ0) is 14.5. The average Bonchev–Trinajstić information content (AvgIpc) is 2.83. The van der Waals surface area contributed by atoms with Crippen molar-refractivity contribution in [2.24, 2.45) is 5.73 Å². The third-order valence-electron chi connectivity index (χ3n) is 3.01. The van der Waals surface area contributed by atoms with Gasteiger partial charge in [0, 0.05) is 20.8 Å². The van der Waals surface area contributed by atoms with E-state index in [0.717, 1.165) is 21.3 Å². The van der Waals surface area contributed by atoms with E-state index in [9.17, 15) is 4.39 Å². The fourth-order valence-electron chi connectivity index (χ4n) is 1.81. The van der Waals surface area contributed by atoms with Crippen LogP contribution < -0.4 is 10.5 Å². The molecule has 1 aromatic heterocycles. The van der Waals surface area contributed by atoms with Crippen LogP contribution in [0.1, 0.15) is 23.8 Å². The van der Waals surface area contributed by atoms with Crippen molar-refractivity contribution in [3.63, 3.8) is 0 Å². The van der Waals surface area contributed by atoms with Gasteiger partial charge in [-0.25, -0.2) is 4.39 Å². The molecule has 0 saturated heterocycles. The summed E-state index contributed by atoms with van der Waals surface area (Å²) in [5.74, 6) is -0.0511. The molecule has 1 atom stereocenters. The van der Waals surface area contributed by atoms with Gasteiger partial charge in [0.25, 0.3) is 0 Å². The molecule has 2 rings (SSSR count). The molecule has 2 aromatic rings. The van der Waals surface area contributed by atoms with E-state index in [2.05, 4.69) is 15.9 Å². The van der Waals surface area contributed by atoms with Crippen LogP contribution in [0.15, 0.2) is 34.1 Å². The molecule has 0 bridgehead atoms. The Morgan fingerprint density at radius 1 is 1.40 bits per heavy atom. The Morgan fingerprint density at radius 3 is 2.80 bits per heavy atom. The minimum absolute atomic E-state index is 0.0737. The van der Waals surface area contributed by atoms with Gasteiger partial charge in [-0.15, -0.1) is 11.3 Å². The molecule has 0 aliphatic rings. The summed E-state index contributed by atoms with van der Waals surface area (Å²) in [5, 5.41) is 1.98. The highest BCUT2D eigenvalue weighted by atomic mass is 79.9. The van der Waals surface area contributed by atoms with Crippen LogP contribution in [0.25, 0.3) is 0 Å². The van der Waals surface area contributed by atoms with Crippen molar-refractivity contribution in [2.45, 2.75) is 32.4 Å². The lowest BCUT2D eigenvalue weighted by Crippen LogP contribution is -2.21. The van der Waals surface area contributed by atoms with E-state index in [1.165, 1.54) is 6.07 Å². The minimum atomic E-state index is -0.332.